The van der Waals surface area contributed by atoms with Crippen molar-refractivity contribution in [1.82, 2.24) is 29.5 Å². The number of amides is 1. The maximum absolute atomic E-state index is 13.3. The van der Waals surface area contributed by atoms with Crippen LogP contribution in [0.3, 0.4) is 0 Å². The molecule has 7 nitrogen and oxygen atoms in total. The third kappa shape index (κ3) is 4.24. The number of carbonyl (C=O) groups is 1. The van der Waals surface area contributed by atoms with Crippen molar-refractivity contribution in [2.45, 2.75) is 33.2 Å². The van der Waals surface area contributed by atoms with Crippen LogP contribution in [0.1, 0.15) is 28.9 Å². The van der Waals surface area contributed by atoms with Gasteiger partial charge >= 0.3 is 0 Å². The predicted molar refractivity (Wildman–Crippen MR) is 123 cm³/mol. The van der Waals surface area contributed by atoms with Gasteiger partial charge in [-0.3, -0.25) is 9.20 Å². The summed E-state index contributed by atoms with van der Waals surface area (Å²) < 4.78 is 30.2. The van der Waals surface area contributed by atoms with Gasteiger partial charge in [-0.1, -0.05) is 17.7 Å². The molecule has 1 N–H and O–H groups in total. The Morgan fingerprint density at radius 1 is 1.00 bits per heavy atom. The number of rotatable bonds is 6. The van der Waals surface area contributed by atoms with E-state index in [0.717, 1.165) is 34.0 Å². The number of hydrogen-bond acceptors (Lipinski definition) is 4. The predicted octanol–water partition coefficient (Wildman–Crippen LogP) is 4.19. The number of fused-ring (bicyclic) bond motifs is 3. The number of nitrogens with one attached hydrogen (secondary N) is 1. The fourth-order valence-electron chi connectivity index (χ4n) is 4.00. The summed E-state index contributed by atoms with van der Waals surface area (Å²) in [5.74, 6) is -0.958. The molecule has 0 spiro atoms. The van der Waals surface area contributed by atoms with Gasteiger partial charge in [0, 0.05) is 43.4 Å². The van der Waals surface area contributed by atoms with Gasteiger partial charge in [-0.05, 0) is 49.2 Å². The zero-order valence-electron chi connectivity index (χ0n) is 18.7. The van der Waals surface area contributed by atoms with Crippen LogP contribution in [-0.4, -0.2) is 30.1 Å². The number of aryl methyl sites for hydroxylation is 3. The topological polar surface area (TPSA) is 76.6 Å². The Balaban J connectivity index is 1.32. The lowest BCUT2D eigenvalue weighted by Gasteiger charge is -2.06. The number of nitrogens with zero attached hydrogens (tertiary/aromatic N) is 5. The van der Waals surface area contributed by atoms with E-state index in [1.54, 1.807) is 4.52 Å². The van der Waals surface area contributed by atoms with E-state index in [4.69, 9.17) is 5.10 Å². The third-order valence-electron chi connectivity index (χ3n) is 5.74. The van der Waals surface area contributed by atoms with Crippen LogP contribution in [0.25, 0.3) is 22.4 Å². The molecule has 0 bridgehead atoms. The van der Waals surface area contributed by atoms with E-state index < -0.39 is 11.6 Å². The van der Waals surface area contributed by atoms with E-state index in [-0.39, 0.29) is 18.9 Å². The lowest BCUT2D eigenvalue weighted by Crippen LogP contribution is -2.23. The van der Waals surface area contributed by atoms with Gasteiger partial charge in [-0.25, -0.2) is 13.3 Å². The lowest BCUT2D eigenvalue weighted by molar-refractivity contribution is -0.121. The van der Waals surface area contributed by atoms with Crippen molar-refractivity contribution in [3.63, 3.8) is 0 Å². The molecule has 0 saturated carbocycles. The van der Waals surface area contributed by atoms with Crippen molar-refractivity contribution in [2.24, 2.45) is 0 Å². The van der Waals surface area contributed by atoms with Crippen LogP contribution in [0.2, 0.25) is 0 Å². The molecule has 5 aromatic rings. The average molecular weight is 460 g/mol. The zero-order valence-corrected chi connectivity index (χ0v) is 18.7. The van der Waals surface area contributed by atoms with Crippen molar-refractivity contribution in [1.29, 1.82) is 0 Å². The molecule has 9 heteroatoms. The summed E-state index contributed by atoms with van der Waals surface area (Å²) in [4.78, 5) is 12.3. The first kappa shape index (κ1) is 21.7. The highest BCUT2D eigenvalue weighted by atomic mass is 19.1. The van der Waals surface area contributed by atoms with Crippen molar-refractivity contribution >= 4 is 17.1 Å². The van der Waals surface area contributed by atoms with Crippen LogP contribution in [0.15, 0.2) is 54.9 Å². The van der Waals surface area contributed by atoms with Gasteiger partial charge < -0.3 is 5.32 Å². The summed E-state index contributed by atoms with van der Waals surface area (Å²) >= 11 is 0. The smallest absolute Gasteiger partial charge is 0.220 e. The minimum absolute atomic E-state index is 0.0473. The number of benzene rings is 2. The Hall–Kier alpha value is -4.14. The second kappa shape index (κ2) is 8.66. The minimum atomic E-state index is -0.675. The van der Waals surface area contributed by atoms with Gasteiger partial charge in [0.25, 0.3) is 0 Å². The number of halogens is 2. The molecule has 3 aromatic heterocycles. The third-order valence-corrected chi connectivity index (χ3v) is 5.74. The average Bonchev–Trinajstić information content (AvgIpc) is 3.41. The number of aromatic nitrogens is 5. The molecule has 0 radical (unpaired) electrons. The normalized spacial score (nSPS) is 11.4. The first-order valence-corrected chi connectivity index (χ1v) is 10.9. The van der Waals surface area contributed by atoms with Gasteiger partial charge in [0.05, 0.1) is 5.69 Å². The maximum Gasteiger partial charge on any atom is 0.220 e. The SMILES string of the molecule is Cc1ccc(C)c(-c2cc3c4nnc(CCC(=O)NCc5cc(F)cc(F)c5)n4ccn3n2)c1. The fourth-order valence-corrected chi connectivity index (χ4v) is 4.00. The van der Waals surface area contributed by atoms with Crippen molar-refractivity contribution in [2.75, 3.05) is 0 Å². The Morgan fingerprint density at radius 3 is 2.59 bits per heavy atom. The number of hydrogen-bond donors (Lipinski definition) is 1. The molecule has 34 heavy (non-hydrogen) atoms. The largest absolute Gasteiger partial charge is 0.352 e. The van der Waals surface area contributed by atoms with Crippen LogP contribution >= 0.6 is 0 Å². The Kier molecular flexibility index (Phi) is 5.53. The van der Waals surface area contributed by atoms with Gasteiger partial charge in [-0.2, -0.15) is 5.10 Å². The molecular formula is C25H22F2N6O. The number of carbonyl (C=O) groups excluding carboxylic acids is 1. The molecule has 0 atom stereocenters. The maximum atomic E-state index is 13.3. The zero-order chi connectivity index (χ0) is 23.8. The quantitative estimate of drug-likeness (QED) is 0.412. The van der Waals surface area contributed by atoms with Gasteiger partial charge in [-0.15, -0.1) is 10.2 Å². The van der Waals surface area contributed by atoms with E-state index in [2.05, 4.69) is 40.6 Å². The molecule has 0 fully saturated rings. The van der Waals surface area contributed by atoms with E-state index in [0.29, 0.717) is 23.5 Å². The highest BCUT2D eigenvalue weighted by Gasteiger charge is 2.15. The molecule has 0 unspecified atom stereocenters. The molecule has 1 amide bonds. The summed E-state index contributed by atoms with van der Waals surface area (Å²) in [7, 11) is 0. The monoisotopic (exact) mass is 460 g/mol. The summed E-state index contributed by atoms with van der Waals surface area (Å²) in [5.41, 5.74) is 6.05. The molecule has 0 saturated heterocycles. The van der Waals surface area contributed by atoms with Crippen molar-refractivity contribution in [3.05, 3.63) is 89.0 Å². The Morgan fingerprint density at radius 2 is 1.79 bits per heavy atom. The molecular weight excluding hydrogens is 438 g/mol. The van der Waals surface area contributed by atoms with Crippen molar-refractivity contribution in [3.8, 4) is 11.3 Å². The first-order valence-electron chi connectivity index (χ1n) is 10.9. The summed E-state index contributed by atoms with van der Waals surface area (Å²) in [5, 5.41) is 16.0. The van der Waals surface area contributed by atoms with E-state index in [1.807, 2.05) is 29.8 Å². The highest BCUT2D eigenvalue weighted by Crippen LogP contribution is 2.26. The lowest BCUT2D eigenvalue weighted by atomic mass is 10.0. The highest BCUT2D eigenvalue weighted by molar-refractivity contribution is 5.78. The molecule has 0 aliphatic rings. The van der Waals surface area contributed by atoms with Gasteiger partial charge in [0.1, 0.15) is 23.0 Å². The molecule has 172 valence electrons. The standard InChI is InChI=1S/C25H22F2N6O/c1-15-3-4-16(2)20(9-15)21-13-22-25-30-29-23(32(25)7-8-33(22)31-21)5-6-24(34)28-14-17-10-18(26)12-19(27)11-17/h3-4,7-13H,5-6,14H2,1-2H3,(H,28,34). The van der Waals surface area contributed by atoms with E-state index in [1.165, 1.54) is 12.1 Å². The first-order chi connectivity index (χ1) is 16.4. The summed E-state index contributed by atoms with van der Waals surface area (Å²) in [6.07, 6.45) is 4.18. The van der Waals surface area contributed by atoms with Crippen LogP contribution in [-0.2, 0) is 17.8 Å². The van der Waals surface area contributed by atoms with Crippen LogP contribution in [0, 0.1) is 25.5 Å². The Labute approximate surface area is 194 Å². The molecule has 0 aliphatic carbocycles. The Bertz CT molecular complexity index is 1520. The van der Waals surface area contributed by atoms with Crippen LogP contribution in [0.5, 0.6) is 0 Å². The summed E-state index contributed by atoms with van der Waals surface area (Å²) in [6.45, 7) is 4.15. The molecule has 5 rings (SSSR count). The molecule has 0 aliphatic heterocycles. The minimum Gasteiger partial charge on any atom is -0.352 e. The van der Waals surface area contributed by atoms with Crippen LogP contribution in [0.4, 0.5) is 8.78 Å². The second-order valence-electron chi connectivity index (χ2n) is 8.34. The van der Waals surface area contributed by atoms with Gasteiger partial charge in [0.2, 0.25) is 5.91 Å². The molecule has 3 heterocycles. The van der Waals surface area contributed by atoms with Crippen molar-refractivity contribution < 1.29 is 13.6 Å². The van der Waals surface area contributed by atoms with E-state index >= 15 is 0 Å². The summed E-state index contributed by atoms with van der Waals surface area (Å²) in [6, 6.07) is 11.4. The van der Waals surface area contributed by atoms with Crippen LogP contribution < -0.4 is 5.32 Å². The second-order valence-corrected chi connectivity index (χ2v) is 8.34. The van der Waals surface area contributed by atoms with E-state index in [9.17, 15) is 13.6 Å². The van der Waals surface area contributed by atoms with Gasteiger partial charge in [0.15, 0.2) is 5.65 Å². The molecule has 2 aromatic carbocycles. The fraction of sp³-hybridized carbons (Fsp3) is 0.200.